The van der Waals surface area contributed by atoms with E-state index in [-0.39, 0.29) is 0 Å². The van der Waals surface area contributed by atoms with Crippen LogP contribution in [0.5, 0.6) is 0 Å². The summed E-state index contributed by atoms with van der Waals surface area (Å²) >= 11 is 0. The third-order valence-corrected chi connectivity index (χ3v) is 5.14. The van der Waals surface area contributed by atoms with Crippen LogP contribution >= 0.6 is 0 Å². The van der Waals surface area contributed by atoms with E-state index in [0.717, 1.165) is 70.7 Å². The Kier molecular flexibility index (Phi) is 5.49. The van der Waals surface area contributed by atoms with Crippen molar-refractivity contribution >= 4 is 5.91 Å². The van der Waals surface area contributed by atoms with Crippen molar-refractivity contribution in [1.29, 1.82) is 0 Å². The van der Waals surface area contributed by atoms with Crippen LogP contribution in [0.1, 0.15) is 37.7 Å². The van der Waals surface area contributed by atoms with E-state index in [1.807, 2.05) is 0 Å². The number of hydrogen-bond donors (Lipinski definition) is 0. The van der Waals surface area contributed by atoms with Gasteiger partial charge in [-0.3, -0.25) is 4.79 Å². The Morgan fingerprint density at radius 1 is 1.00 bits per heavy atom. The van der Waals surface area contributed by atoms with Crippen molar-refractivity contribution < 1.29 is 9.53 Å². The summed E-state index contributed by atoms with van der Waals surface area (Å²) in [5, 5.41) is 0. The van der Waals surface area contributed by atoms with Crippen molar-refractivity contribution in [3.63, 3.8) is 0 Å². The van der Waals surface area contributed by atoms with Crippen molar-refractivity contribution in [1.82, 2.24) is 4.90 Å². The van der Waals surface area contributed by atoms with Gasteiger partial charge in [0.15, 0.2) is 0 Å². The molecular formula is C19H27NO2. The molecule has 0 unspecified atom stereocenters. The van der Waals surface area contributed by atoms with Crippen LogP contribution in [-0.4, -0.2) is 37.1 Å². The van der Waals surface area contributed by atoms with Crippen molar-refractivity contribution in [2.24, 2.45) is 11.8 Å². The molecule has 0 N–H and O–H groups in total. The highest BCUT2D eigenvalue weighted by Crippen LogP contribution is 2.24. The third kappa shape index (κ3) is 4.33. The van der Waals surface area contributed by atoms with Crippen LogP contribution in [0.2, 0.25) is 0 Å². The van der Waals surface area contributed by atoms with E-state index in [2.05, 4.69) is 35.2 Å². The minimum atomic E-state index is 0.366. The number of nitrogens with zero attached hydrogens (tertiary/aromatic N) is 1. The second-order valence-corrected chi connectivity index (χ2v) is 6.77. The summed E-state index contributed by atoms with van der Waals surface area (Å²) in [7, 11) is 0. The van der Waals surface area contributed by atoms with E-state index in [1.165, 1.54) is 5.56 Å². The highest BCUT2D eigenvalue weighted by Gasteiger charge is 2.25. The molecule has 0 aromatic heterocycles. The Bertz CT molecular complexity index is 460. The molecule has 2 aliphatic rings. The number of amides is 1. The summed E-state index contributed by atoms with van der Waals surface area (Å²) < 4.78 is 5.37. The largest absolute Gasteiger partial charge is 0.381 e. The van der Waals surface area contributed by atoms with E-state index in [0.29, 0.717) is 11.8 Å². The molecule has 1 aromatic rings. The van der Waals surface area contributed by atoms with Crippen LogP contribution < -0.4 is 0 Å². The van der Waals surface area contributed by atoms with Crippen molar-refractivity contribution in [3.05, 3.63) is 35.9 Å². The predicted octanol–water partition coefficient (Wildman–Crippen LogP) is 3.28. The SMILES string of the molecule is O=C(CC1CCOCC1)N1CCC(Cc2ccccc2)CC1. The molecule has 0 radical (unpaired) electrons. The normalized spacial score (nSPS) is 21.0. The number of piperidine rings is 1. The highest BCUT2D eigenvalue weighted by molar-refractivity contribution is 5.76. The van der Waals surface area contributed by atoms with Gasteiger partial charge in [-0.1, -0.05) is 30.3 Å². The topological polar surface area (TPSA) is 29.5 Å². The average Bonchev–Trinajstić information content (AvgIpc) is 2.57. The molecule has 1 aromatic carbocycles. The maximum Gasteiger partial charge on any atom is 0.222 e. The lowest BCUT2D eigenvalue weighted by Gasteiger charge is -2.33. The van der Waals surface area contributed by atoms with Gasteiger partial charge in [0.1, 0.15) is 0 Å². The molecule has 0 spiro atoms. The summed E-state index contributed by atoms with van der Waals surface area (Å²) in [6.45, 7) is 3.55. The van der Waals surface area contributed by atoms with Gasteiger partial charge >= 0.3 is 0 Å². The molecule has 0 bridgehead atoms. The molecule has 1 amide bonds. The van der Waals surface area contributed by atoms with Crippen LogP contribution in [0.25, 0.3) is 0 Å². The fourth-order valence-electron chi connectivity index (χ4n) is 3.66. The number of carbonyl (C=O) groups excluding carboxylic acids is 1. The zero-order chi connectivity index (χ0) is 15.2. The van der Waals surface area contributed by atoms with Gasteiger partial charge in [0.2, 0.25) is 5.91 Å². The van der Waals surface area contributed by atoms with Gasteiger partial charge in [-0.2, -0.15) is 0 Å². The Hall–Kier alpha value is -1.35. The molecule has 0 saturated carbocycles. The minimum absolute atomic E-state index is 0.366. The quantitative estimate of drug-likeness (QED) is 0.854. The zero-order valence-corrected chi connectivity index (χ0v) is 13.4. The summed E-state index contributed by atoms with van der Waals surface area (Å²) in [5.74, 6) is 1.64. The fraction of sp³-hybridized carbons (Fsp3) is 0.632. The molecule has 3 nitrogen and oxygen atoms in total. The molecule has 0 atom stereocenters. The molecule has 22 heavy (non-hydrogen) atoms. The number of rotatable bonds is 4. The second kappa shape index (κ2) is 7.77. The maximum absolute atomic E-state index is 12.4. The van der Waals surface area contributed by atoms with E-state index in [9.17, 15) is 4.79 Å². The molecule has 3 heteroatoms. The van der Waals surface area contributed by atoms with Gasteiger partial charge < -0.3 is 9.64 Å². The Labute approximate surface area is 133 Å². The molecule has 2 aliphatic heterocycles. The van der Waals surface area contributed by atoms with E-state index < -0.39 is 0 Å². The average molecular weight is 301 g/mol. The zero-order valence-electron chi connectivity index (χ0n) is 13.4. The van der Waals surface area contributed by atoms with Gasteiger partial charge in [-0.05, 0) is 49.5 Å². The van der Waals surface area contributed by atoms with Crippen LogP contribution in [-0.2, 0) is 16.0 Å². The Morgan fingerprint density at radius 2 is 1.68 bits per heavy atom. The third-order valence-electron chi connectivity index (χ3n) is 5.14. The van der Waals surface area contributed by atoms with Crippen LogP contribution in [0.15, 0.2) is 30.3 Å². The lowest BCUT2D eigenvalue weighted by atomic mass is 9.89. The van der Waals surface area contributed by atoms with Crippen LogP contribution in [0.4, 0.5) is 0 Å². The molecule has 0 aliphatic carbocycles. The standard InChI is InChI=1S/C19H27NO2/c21-19(15-18-8-12-22-13-9-18)20-10-6-17(7-11-20)14-16-4-2-1-3-5-16/h1-5,17-18H,6-15H2. The maximum atomic E-state index is 12.4. The first-order valence-corrected chi connectivity index (χ1v) is 8.70. The lowest BCUT2D eigenvalue weighted by Crippen LogP contribution is -2.40. The first-order valence-electron chi connectivity index (χ1n) is 8.70. The Balaban J connectivity index is 1.42. The molecule has 2 fully saturated rings. The summed E-state index contributed by atoms with van der Waals surface area (Å²) in [4.78, 5) is 14.5. The number of ether oxygens (including phenoxy) is 1. The van der Waals surface area contributed by atoms with Crippen LogP contribution in [0.3, 0.4) is 0 Å². The summed E-state index contributed by atoms with van der Waals surface area (Å²) in [6, 6.07) is 10.7. The second-order valence-electron chi connectivity index (χ2n) is 6.77. The van der Waals surface area contributed by atoms with E-state index in [4.69, 9.17) is 4.74 Å². The molecular weight excluding hydrogens is 274 g/mol. The highest BCUT2D eigenvalue weighted by atomic mass is 16.5. The first kappa shape index (κ1) is 15.5. The van der Waals surface area contributed by atoms with E-state index >= 15 is 0 Å². The molecule has 2 saturated heterocycles. The van der Waals surface area contributed by atoms with Crippen molar-refractivity contribution in [2.45, 2.75) is 38.5 Å². The first-order chi connectivity index (χ1) is 10.8. The number of hydrogen-bond acceptors (Lipinski definition) is 2. The summed E-state index contributed by atoms with van der Waals surface area (Å²) in [6.07, 6.45) is 6.28. The van der Waals surface area contributed by atoms with Gasteiger partial charge in [0.05, 0.1) is 0 Å². The van der Waals surface area contributed by atoms with Crippen molar-refractivity contribution in [3.8, 4) is 0 Å². The molecule has 2 heterocycles. The smallest absolute Gasteiger partial charge is 0.222 e. The number of benzene rings is 1. The van der Waals surface area contributed by atoms with Gasteiger partial charge in [0, 0.05) is 32.7 Å². The predicted molar refractivity (Wildman–Crippen MR) is 87.6 cm³/mol. The van der Waals surface area contributed by atoms with Crippen molar-refractivity contribution in [2.75, 3.05) is 26.3 Å². The van der Waals surface area contributed by atoms with Gasteiger partial charge in [-0.25, -0.2) is 0 Å². The summed E-state index contributed by atoms with van der Waals surface area (Å²) in [5.41, 5.74) is 1.43. The Morgan fingerprint density at radius 3 is 2.36 bits per heavy atom. The monoisotopic (exact) mass is 301 g/mol. The lowest BCUT2D eigenvalue weighted by molar-refractivity contribution is -0.134. The molecule has 3 rings (SSSR count). The fourth-order valence-corrected chi connectivity index (χ4v) is 3.66. The number of likely N-dealkylation sites (tertiary alicyclic amines) is 1. The number of carbonyl (C=O) groups is 1. The minimum Gasteiger partial charge on any atom is -0.381 e. The van der Waals surface area contributed by atoms with Crippen LogP contribution in [0, 0.1) is 11.8 Å². The van der Waals surface area contributed by atoms with Gasteiger partial charge in [0.25, 0.3) is 0 Å². The molecule has 120 valence electrons. The van der Waals surface area contributed by atoms with E-state index in [1.54, 1.807) is 0 Å². The van der Waals surface area contributed by atoms with Gasteiger partial charge in [-0.15, -0.1) is 0 Å².